The van der Waals surface area contributed by atoms with Gasteiger partial charge in [-0.15, -0.1) is 0 Å². The van der Waals surface area contributed by atoms with Gasteiger partial charge in [0.2, 0.25) is 5.91 Å². The van der Waals surface area contributed by atoms with Crippen LogP contribution in [0.15, 0.2) is 12.2 Å². The van der Waals surface area contributed by atoms with Crippen molar-refractivity contribution >= 4 is 13.7 Å². The Morgan fingerprint density at radius 3 is 1.45 bits per heavy atom. The summed E-state index contributed by atoms with van der Waals surface area (Å²) in [5.74, 6) is -0.189. The maximum Gasteiger partial charge on any atom is 0.472 e. The zero-order valence-corrected chi connectivity index (χ0v) is 35.3. The molecular weight excluding hydrogens is 659 g/mol. The van der Waals surface area contributed by atoms with E-state index in [4.69, 9.17) is 9.05 Å². The standard InChI is InChI=1S/C42H85N2O6P/c1-6-8-10-12-13-14-15-16-17-18-19-20-21-22-23-24-25-26-27-28-29-30-32-33-35-41(45)40(43-42(46)36-34-31-11-9-7-2)39-50-51(47,48)49-38-37-44(3,4)5/h33,35,40-41,45H,6-32,34,36-39H2,1-5H3,(H-,43,46,47,48)/p+1/b35-33+. The van der Waals surface area contributed by atoms with Gasteiger partial charge in [0.25, 0.3) is 0 Å². The van der Waals surface area contributed by atoms with Crippen LogP contribution in [0.25, 0.3) is 0 Å². The summed E-state index contributed by atoms with van der Waals surface area (Å²) in [7, 11) is 1.58. The van der Waals surface area contributed by atoms with Gasteiger partial charge in [-0.1, -0.05) is 187 Å². The topological polar surface area (TPSA) is 105 Å². The van der Waals surface area contributed by atoms with Gasteiger partial charge in [-0.25, -0.2) is 4.57 Å². The molecule has 3 unspecified atom stereocenters. The van der Waals surface area contributed by atoms with Crippen molar-refractivity contribution in [2.75, 3.05) is 40.9 Å². The molecule has 0 heterocycles. The first-order chi connectivity index (χ1) is 24.5. The van der Waals surface area contributed by atoms with Crippen LogP contribution >= 0.6 is 7.82 Å². The number of aliphatic hydroxyl groups is 1. The minimum atomic E-state index is -4.32. The van der Waals surface area contributed by atoms with E-state index in [1.54, 1.807) is 6.08 Å². The van der Waals surface area contributed by atoms with Gasteiger partial charge >= 0.3 is 7.82 Å². The van der Waals surface area contributed by atoms with Gasteiger partial charge < -0.3 is 19.8 Å². The Labute approximate surface area is 316 Å². The monoisotopic (exact) mass is 746 g/mol. The SMILES string of the molecule is CCCCCCCCCCCCCCCCCCCCCCCC/C=C/C(O)C(COP(=O)(O)OCC[N+](C)(C)C)NC(=O)CCCCCCC. The Bertz CT molecular complexity index is 850. The van der Waals surface area contributed by atoms with E-state index in [9.17, 15) is 19.4 Å². The molecule has 0 aliphatic rings. The molecule has 0 saturated carbocycles. The quantitative estimate of drug-likeness (QED) is 0.0250. The highest BCUT2D eigenvalue weighted by Crippen LogP contribution is 2.43. The average molecular weight is 746 g/mol. The molecule has 0 saturated heterocycles. The molecule has 1 amide bonds. The molecule has 0 aliphatic heterocycles. The van der Waals surface area contributed by atoms with Crippen molar-refractivity contribution in [2.45, 2.75) is 212 Å². The second-order valence-corrected chi connectivity index (χ2v) is 17.5. The number of carbonyl (C=O) groups is 1. The van der Waals surface area contributed by atoms with Crippen molar-refractivity contribution in [3.05, 3.63) is 12.2 Å². The van der Waals surface area contributed by atoms with E-state index in [0.717, 1.165) is 44.9 Å². The fraction of sp³-hybridized carbons (Fsp3) is 0.929. The average Bonchev–Trinajstić information content (AvgIpc) is 3.07. The molecule has 0 aromatic rings. The first-order valence-electron chi connectivity index (χ1n) is 21.6. The summed E-state index contributed by atoms with van der Waals surface area (Å²) in [5.41, 5.74) is 0. The van der Waals surface area contributed by atoms with E-state index in [0.29, 0.717) is 17.4 Å². The van der Waals surface area contributed by atoms with Crippen LogP contribution in [-0.2, 0) is 18.4 Å². The molecule has 0 fully saturated rings. The fourth-order valence-electron chi connectivity index (χ4n) is 6.28. The highest BCUT2D eigenvalue weighted by molar-refractivity contribution is 7.47. The number of hydrogen-bond donors (Lipinski definition) is 3. The Morgan fingerprint density at radius 1 is 0.647 bits per heavy atom. The van der Waals surface area contributed by atoms with E-state index >= 15 is 0 Å². The molecule has 0 aromatic carbocycles. The third-order valence-corrected chi connectivity index (χ3v) is 10.7. The van der Waals surface area contributed by atoms with Crippen molar-refractivity contribution in [2.24, 2.45) is 0 Å². The molecule has 0 aliphatic carbocycles. The summed E-state index contributed by atoms with van der Waals surface area (Å²) in [6.45, 7) is 4.73. The van der Waals surface area contributed by atoms with Gasteiger partial charge in [-0.3, -0.25) is 13.8 Å². The number of hydrogen-bond acceptors (Lipinski definition) is 5. The summed E-state index contributed by atoms with van der Waals surface area (Å²) in [6.07, 6.45) is 39.0. The fourth-order valence-corrected chi connectivity index (χ4v) is 7.01. The minimum absolute atomic E-state index is 0.0635. The highest BCUT2D eigenvalue weighted by Gasteiger charge is 2.27. The Balaban J connectivity index is 4.09. The van der Waals surface area contributed by atoms with Crippen molar-refractivity contribution < 1.29 is 32.9 Å². The molecular formula is C42H86N2O6P+. The van der Waals surface area contributed by atoms with Crippen LogP contribution in [0.2, 0.25) is 0 Å². The molecule has 9 heteroatoms. The summed E-state index contributed by atoms with van der Waals surface area (Å²) in [6, 6.07) is -0.837. The summed E-state index contributed by atoms with van der Waals surface area (Å²) in [5, 5.41) is 13.7. The van der Waals surface area contributed by atoms with Crippen LogP contribution in [-0.4, -0.2) is 73.4 Å². The van der Waals surface area contributed by atoms with Crippen molar-refractivity contribution in [3.8, 4) is 0 Å². The lowest BCUT2D eigenvalue weighted by atomic mass is 10.0. The summed E-state index contributed by atoms with van der Waals surface area (Å²) in [4.78, 5) is 22.8. The van der Waals surface area contributed by atoms with Gasteiger partial charge in [0.1, 0.15) is 13.2 Å². The highest BCUT2D eigenvalue weighted by atomic mass is 31.2. The van der Waals surface area contributed by atoms with Crippen molar-refractivity contribution in [1.29, 1.82) is 0 Å². The molecule has 51 heavy (non-hydrogen) atoms. The molecule has 0 rings (SSSR count). The number of nitrogens with one attached hydrogen (secondary N) is 1. The van der Waals surface area contributed by atoms with E-state index in [1.807, 2.05) is 27.2 Å². The maximum absolute atomic E-state index is 12.6. The number of unbranched alkanes of at least 4 members (excludes halogenated alkanes) is 26. The number of nitrogens with zero attached hydrogens (tertiary/aromatic N) is 1. The van der Waals surface area contributed by atoms with Gasteiger partial charge in [0.05, 0.1) is 39.9 Å². The molecule has 304 valence electrons. The van der Waals surface area contributed by atoms with Crippen LogP contribution in [0.4, 0.5) is 0 Å². The number of phosphoric acid groups is 1. The first kappa shape index (κ1) is 50.2. The third kappa shape index (κ3) is 37.4. The Morgan fingerprint density at radius 2 is 1.04 bits per heavy atom. The minimum Gasteiger partial charge on any atom is -0.387 e. The van der Waals surface area contributed by atoms with Gasteiger partial charge in [-0.05, 0) is 19.3 Å². The first-order valence-corrected chi connectivity index (χ1v) is 23.1. The normalized spacial score (nSPS) is 14.6. The van der Waals surface area contributed by atoms with Crippen LogP contribution in [0.3, 0.4) is 0 Å². The van der Waals surface area contributed by atoms with E-state index in [1.165, 1.54) is 135 Å². The zero-order chi connectivity index (χ0) is 37.9. The lowest BCUT2D eigenvalue weighted by molar-refractivity contribution is -0.870. The molecule has 0 radical (unpaired) electrons. The maximum atomic E-state index is 12.6. The predicted octanol–water partition coefficient (Wildman–Crippen LogP) is 11.6. The molecule has 3 N–H and O–H groups in total. The molecule has 0 spiro atoms. The number of phosphoric ester groups is 1. The van der Waals surface area contributed by atoms with Gasteiger partial charge in [0.15, 0.2) is 0 Å². The molecule has 0 aromatic heterocycles. The second kappa shape index (κ2) is 35.0. The van der Waals surface area contributed by atoms with Gasteiger partial charge in [0, 0.05) is 6.42 Å². The lowest BCUT2D eigenvalue weighted by Gasteiger charge is -2.25. The van der Waals surface area contributed by atoms with E-state index in [-0.39, 0.29) is 19.1 Å². The van der Waals surface area contributed by atoms with Crippen molar-refractivity contribution in [1.82, 2.24) is 5.32 Å². The number of likely N-dealkylation sites (N-methyl/N-ethyl adjacent to an activating group) is 1. The Kier molecular flexibility index (Phi) is 34.5. The molecule has 3 atom stereocenters. The van der Waals surface area contributed by atoms with E-state index < -0.39 is 20.0 Å². The molecule has 0 bridgehead atoms. The number of aliphatic hydroxyl groups excluding tert-OH is 1. The number of amides is 1. The van der Waals surface area contributed by atoms with E-state index in [2.05, 4.69) is 19.2 Å². The largest absolute Gasteiger partial charge is 0.472 e. The number of quaternary nitrogens is 1. The van der Waals surface area contributed by atoms with Gasteiger partial charge in [-0.2, -0.15) is 0 Å². The lowest BCUT2D eigenvalue weighted by Crippen LogP contribution is -2.45. The number of carbonyl (C=O) groups excluding carboxylic acids is 1. The molecule has 8 nitrogen and oxygen atoms in total. The van der Waals surface area contributed by atoms with Crippen LogP contribution < -0.4 is 5.32 Å². The van der Waals surface area contributed by atoms with Crippen LogP contribution in [0, 0.1) is 0 Å². The van der Waals surface area contributed by atoms with Crippen LogP contribution in [0.5, 0.6) is 0 Å². The van der Waals surface area contributed by atoms with Crippen molar-refractivity contribution in [3.63, 3.8) is 0 Å². The Hall–Kier alpha value is -0.760. The number of allylic oxidation sites excluding steroid dienone is 1. The zero-order valence-electron chi connectivity index (χ0n) is 34.4. The van der Waals surface area contributed by atoms with Crippen LogP contribution in [0.1, 0.15) is 200 Å². The number of rotatable bonds is 39. The second-order valence-electron chi connectivity index (χ2n) is 16.1. The smallest absolute Gasteiger partial charge is 0.387 e. The summed E-state index contributed by atoms with van der Waals surface area (Å²) >= 11 is 0. The predicted molar refractivity (Wildman–Crippen MR) is 217 cm³/mol. The third-order valence-electron chi connectivity index (χ3n) is 9.76. The summed E-state index contributed by atoms with van der Waals surface area (Å²) < 4.78 is 23.4.